The molecule has 3 rings (SSSR count). The van der Waals surface area contributed by atoms with Gasteiger partial charge in [-0.3, -0.25) is 24.5 Å². The molecule has 0 aromatic heterocycles. The van der Waals surface area contributed by atoms with Crippen molar-refractivity contribution in [3.63, 3.8) is 0 Å². The molecule has 2 aromatic rings. The van der Waals surface area contributed by atoms with Crippen LogP contribution in [0.3, 0.4) is 0 Å². The molecule has 27 heavy (non-hydrogen) atoms. The maximum Gasteiger partial charge on any atom is 0.311 e. The maximum atomic E-state index is 12.5. The van der Waals surface area contributed by atoms with Gasteiger partial charge in [-0.05, 0) is 36.4 Å². The van der Waals surface area contributed by atoms with Gasteiger partial charge in [0.1, 0.15) is 0 Å². The zero-order valence-electron chi connectivity index (χ0n) is 14.6. The number of nitrogens with one attached hydrogen (secondary N) is 2. The van der Waals surface area contributed by atoms with Crippen molar-refractivity contribution >= 4 is 29.4 Å². The smallest absolute Gasteiger partial charge is 0.311 e. The second-order valence-corrected chi connectivity index (χ2v) is 5.69. The monoisotopic (exact) mass is 368 g/mol. The first-order valence-corrected chi connectivity index (χ1v) is 8.12. The molecule has 1 aliphatic rings. The minimum Gasteiger partial charge on any atom is -0.493 e. The fourth-order valence-electron chi connectivity index (χ4n) is 2.54. The van der Waals surface area contributed by atoms with Crippen molar-refractivity contribution in [2.75, 3.05) is 12.4 Å². The van der Waals surface area contributed by atoms with Gasteiger partial charge in [-0.1, -0.05) is 6.92 Å². The van der Waals surface area contributed by atoms with Crippen LogP contribution >= 0.6 is 0 Å². The number of hydrogen-bond acceptors (Lipinski definition) is 6. The van der Waals surface area contributed by atoms with Crippen LogP contribution in [0.5, 0.6) is 11.5 Å². The third-order valence-corrected chi connectivity index (χ3v) is 3.93. The Morgan fingerprint density at radius 3 is 2.44 bits per heavy atom. The highest BCUT2D eigenvalue weighted by Gasteiger charge is 2.26. The average Bonchev–Trinajstić information content (AvgIpc) is 2.95. The highest BCUT2D eigenvalue weighted by atomic mass is 16.6. The van der Waals surface area contributed by atoms with Crippen molar-refractivity contribution < 1.29 is 28.7 Å². The third kappa shape index (κ3) is 3.64. The Morgan fingerprint density at radius 1 is 1.00 bits per heavy atom. The molecule has 0 spiro atoms. The quantitative estimate of drug-likeness (QED) is 0.475. The number of benzene rings is 2. The number of carbonyl (C=O) groups is 4. The van der Waals surface area contributed by atoms with E-state index in [1.165, 1.54) is 43.5 Å². The van der Waals surface area contributed by atoms with Crippen LogP contribution in [-0.2, 0) is 4.79 Å². The molecule has 138 valence electrons. The summed E-state index contributed by atoms with van der Waals surface area (Å²) in [7, 11) is 1.40. The van der Waals surface area contributed by atoms with E-state index in [1.807, 2.05) is 0 Å². The lowest BCUT2D eigenvalue weighted by molar-refractivity contribution is -0.134. The van der Waals surface area contributed by atoms with E-state index in [4.69, 9.17) is 9.47 Å². The van der Waals surface area contributed by atoms with E-state index >= 15 is 0 Å². The van der Waals surface area contributed by atoms with Crippen LogP contribution < -0.4 is 20.1 Å². The summed E-state index contributed by atoms with van der Waals surface area (Å²) >= 11 is 0. The van der Waals surface area contributed by atoms with Gasteiger partial charge in [-0.25, -0.2) is 0 Å². The van der Waals surface area contributed by atoms with Gasteiger partial charge < -0.3 is 14.8 Å². The van der Waals surface area contributed by atoms with E-state index in [0.717, 1.165) is 0 Å². The molecule has 8 nitrogen and oxygen atoms in total. The Labute approximate surface area is 154 Å². The summed E-state index contributed by atoms with van der Waals surface area (Å²) in [5.74, 6) is -1.38. The Bertz CT molecular complexity index is 967. The van der Waals surface area contributed by atoms with E-state index < -0.39 is 23.7 Å². The number of anilines is 1. The van der Waals surface area contributed by atoms with Crippen molar-refractivity contribution in [1.29, 1.82) is 0 Å². The van der Waals surface area contributed by atoms with Crippen molar-refractivity contribution in [3.05, 3.63) is 53.1 Å². The van der Waals surface area contributed by atoms with Gasteiger partial charge in [0, 0.05) is 17.7 Å². The molecular formula is C19H16N2O6. The van der Waals surface area contributed by atoms with Gasteiger partial charge in [0.25, 0.3) is 17.7 Å². The first kappa shape index (κ1) is 18.1. The van der Waals surface area contributed by atoms with Gasteiger partial charge in [-0.2, -0.15) is 0 Å². The molecular weight excluding hydrogens is 352 g/mol. The van der Waals surface area contributed by atoms with Gasteiger partial charge in [0.2, 0.25) is 0 Å². The predicted octanol–water partition coefficient (Wildman–Crippen LogP) is 2.15. The summed E-state index contributed by atoms with van der Waals surface area (Å²) in [6.45, 7) is 1.67. The summed E-state index contributed by atoms with van der Waals surface area (Å²) in [6, 6.07) is 8.83. The summed E-state index contributed by atoms with van der Waals surface area (Å²) in [5.41, 5.74) is 1.10. The first-order valence-electron chi connectivity index (χ1n) is 8.12. The number of amides is 3. The number of ether oxygens (including phenoxy) is 2. The largest absolute Gasteiger partial charge is 0.493 e. The number of rotatable bonds is 5. The van der Waals surface area contributed by atoms with Gasteiger partial charge in [0.15, 0.2) is 11.5 Å². The van der Waals surface area contributed by atoms with Crippen molar-refractivity contribution in [2.24, 2.45) is 0 Å². The SMILES string of the molecule is CCC(=O)Oc1ccc(C(=O)Nc2ccc3c(c2)C(=O)NC3=O)cc1OC. The summed E-state index contributed by atoms with van der Waals surface area (Å²) in [6.07, 6.45) is 0.208. The van der Waals surface area contributed by atoms with E-state index in [2.05, 4.69) is 10.6 Å². The molecule has 0 unspecified atom stereocenters. The fraction of sp³-hybridized carbons (Fsp3) is 0.158. The van der Waals surface area contributed by atoms with E-state index in [9.17, 15) is 19.2 Å². The second-order valence-electron chi connectivity index (χ2n) is 5.69. The molecule has 1 aliphatic heterocycles. The molecule has 2 N–H and O–H groups in total. The van der Waals surface area contributed by atoms with Crippen LogP contribution in [0.15, 0.2) is 36.4 Å². The molecule has 0 saturated carbocycles. The topological polar surface area (TPSA) is 111 Å². The van der Waals surface area contributed by atoms with Crippen LogP contribution in [0.4, 0.5) is 5.69 Å². The highest BCUT2D eigenvalue weighted by Crippen LogP contribution is 2.29. The molecule has 0 radical (unpaired) electrons. The molecule has 3 amide bonds. The number of hydrogen-bond donors (Lipinski definition) is 2. The molecule has 0 aliphatic carbocycles. The van der Waals surface area contributed by atoms with E-state index in [0.29, 0.717) is 5.69 Å². The lowest BCUT2D eigenvalue weighted by Gasteiger charge is -2.11. The summed E-state index contributed by atoms with van der Waals surface area (Å²) < 4.78 is 10.3. The highest BCUT2D eigenvalue weighted by molar-refractivity contribution is 6.22. The van der Waals surface area contributed by atoms with Crippen molar-refractivity contribution in [2.45, 2.75) is 13.3 Å². The first-order chi connectivity index (χ1) is 12.9. The summed E-state index contributed by atoms with van der Waals surface area (Å²) in [4.78, 5) is 47.2. The lowest BCUT2D eigenvalue weighted by Crippen LogP contribution is -2.19. The van der Waals surface area contributed by atoms with Gasteiger partial charge in [-0.15, -0.1) is 0 Å². The molecule has 0 fully saturated rings. The maximum absolute atomic E-state index is 12.5. The van der Waals surface area contributed by atoms with E-state index in [1.54, 1.807) is 6.92 Å². The zero-order chi connectivity index (χ0) is 19.6. The minimum atomic E-state index is -0.505. The molecule has 0 bridgehead atoms. The standard InChI is InChI=1S/C19H16N2O6/c1-3-16(22)27-14-7-4-10(8-15(14)26-2)17(23)20-11-5-6-12-13(9-11)19(25)21-18(12)24/h4-9H,3H2,1-2H3,(H,20,23)(H,21,24,25). The van der Waals surface area contributed by atoms with E-state index in [-0.39, 0.29) is 34.6 Å². The van der Waals surface area contributed by atoms with Crippen LogP contribution in [0.2, 0.25) is 0 Å². The normalized spacial score (nSPS) is 12.2. The summed E-state index contributed by atoms with van der Waals surface area (Å²) in [5, 5.41) is 4.84. The van der Waals surface area contributed by atoms with Crippen molar-refractivity contribution in [1.82, 2.24) is 5.32 Å². The number of carbonyl (C=O) groups excluding carboxylic acids is 4. The second kappa shape index (κ2) is 7.28. The Morgan fingerprint density at radius 2 is 1.74 bits per heavy atom. The molecule has 8 heteroatoms. The van der Waals surface area contributed by atoms with Crippen LogP contribution in [0.25, 0.3) is 0 Å². The third-order valence-electron chi connectivity index (χ3n) is 3.93. The molecule has 1 heterocycles. The average molecular weight is 368 g/mol. The number of fused-ring (bicyclic) bond motifs is 1. The van der Waals surface area contributed by atoms with Crippen molar-refractivity contribution in [3.8, 4) is 11.5 Å². The molecule has 0 atom stereocenters. The van der Waals surface area contributed by atoms with Gasteiger partial charge in [0.05, 0.1) is 18.2 Å². The predicted molar refractivity (Wildman–Crippen MR) is 95.1 cm³/mol. The Balaban J connectivity index is 1.80. The Kier molecular flexibility index (Phi) is 4.89. The molecule has 2 aromatic carbocycles. The van der Waals surface area contributed by atoms with Crippen LogP contribution in [-0.4, -0.2) is 30.8 Å². The number of methoxy groups -OCH3 is 1. The van der Waals surface area contributed by atoms with Crippen LogP contribution in [0, 0.1) is 0 Å². The molecule has 0 saturated heterocycles. The minimum absolute atomic E-state index is 0.206. The zero-order valence-corrected chi connectivity index (χ0v) is 14.6. The number of esters is 1. The number of imide groups is 1. The lowest BCUT2D eigenvalue weighted by atomic mass is 10.1. The van der Waals surface area contributed by atoms with Gasteiger partial charge >= 0.3 is 5.97 Å². The fourth-order valence-corrected chi connectivity index (χ4v) is 2.54. The Hall–Kier alpha value is -3.68. The van der Waals surface area contributed by atoms with Crippen LogP contribution in [0.1, 0.15) is 44.4 Å².